The second-order valence-electron chi connectivity index (χ2n) is 5.76. The molecule has 2 N–H and O–H groups in total. The van der Waals surface area contributed by atoms with E-state index in [1.54, 1.807) is 0 Å². The van der Waals surface area contributed by atoms with Crippen molar-refractivity contribution in [2.45, 2.75) is 63.5 Å². The summed E-state index contributed by atoms with van der Waals surface area (Å²) in [6, 6.07) is 0.608. The van der Waals surface area contributed by atoms with Gasteiger partial charge in [0, 0.05) is 12.6 Å². The summed E-state index contributed by atoms with van der Waals surface area (Å²) in [4.78, 5) is 11.6. The normalized spacial score (nSPS) is 32.9. The maximum atomic E-state index is 11.6. The van der Waals surface area contributed by atoms with E-state index in [2.05, 4.69) is 5.32 Å². The van der Waals surface area contributed by atoms with E-state index in [-0.39, 0.29) is 11.9 Å². The Morgan fingerprint density at radius 1 is 1.33 bits per heavy atom. The third-order valence-electron chi connectivity index (χ3n) is 4.36. The lowest BCUT2D eigenvalue weighted by atomic mass is 9.78. The van der Waals surface area contributed by atoms with Crippen LogP contribution < -0.4 is 5.32 Å². The molecule has 104 valence electrons. The smallest absolute Gasteiger partial charge is 0.308 e. The van der Waals surface area contributed by atoms with Crippen LogP contribution in [-0.2, 0) is 9.53 Å². The Labute approximate surface area is 109 Å². The zero-order valence-corrected chi connectivity index (χ0v) is 11.3. The van der Waals surface area contributed by atoms with Crippen molar-refractivity contribution >= 4 is 5.97 Å². The Balaban J connectivity index is 1.71. The van der Waals surface area contributed by atoms with Gasteiger partial charge in [0.2, 0.25) is 0 Å². The Hall–Kier alpha value is -0.610. The molecular weight excluding hydrogens is 230 g/mol. The highest BCUT2D eigenvalue weighted by Gasteiger charge is 2.36. The predicted molar refractivity (Wildman–Crippen MR) is 69.2 cm³/mol. The van der Waals surface area contributed by atoms with E-state index in [9.17, 15) is 9.90 Å². The molecule has 2 rings (SSSR count). The number of rotatable bonds is 5. The van der Waals surface area contributed by atoms with E-state index in [0.29, 0.717) is 32.0 Å². The minimum Gasteiger partial charge on any atom is -0.466 e. The van der Waals surface area contributed by atoms with Crippen molar-refractivity contribution in [3.8, 4) is 0 Å². The molecule has 0 aliphatic heterocycles. The molecule has 0 heterocycles. The van der Waals surface area contributed by atoms with E-state index in [0.717, 1.165) is 12.8 Å². The van der Waals surface area contributed by atoms with Crippen molar-refractivity contribution in [2.24, 2.45) is 5.92 Å². The zero-order valence-electron chi connectivity index (χ0n) is 11.3. The molecule has 4 heteroatoms. The molecule has 0 aromatic rings. The molecule has 0 amide bonds. The van der Waals surface area contributed by atoms with Crippen LogP contribution in [0.5, 0.6) is 0 Å². The Morgan fingerprint density at radius 3 is 2.50 bits per heavy atom. The van der Waals surface area contributed by atoms with Crippen LogP contribution in [0.1, 0.15) is 51.9 Å². The Bertz CT molecular complexity index is 281. The third kappa shape index (κ3) is 3.45. The van der Waals surface area contributed by atoms with E-state index >= 15 is 0 Å². The Kier molecular flexibility index (Phi) is 4.62. The van der Waals surface area contributed by atoms with Gasteiger partial charge in [-0.25, -0.2) is 0 Å². The van der Waals surface area contributed by atoms with Crippen molar-refractivity contribution < 1.29 is 14.6 Å². The molecule has 18 heavy (non-hydrogen) atoms. The first kappa shape index (κ1) is 13.8. The minimum absolute atomic E-state index is 0.00562. The summed E-state index contributed by atoms with van der Waals surface area (Å²) in [7, 11) is 0. The quantitative estimate of drug-likeness (QED) is 0.733. The molecule has 0 spiro atoms. The van der Waals surface area contributed by atoms with Gasteiger partial charge in [-0.05, 0) is 45.4 Å². The maximum absolute atomic E-state index is 11.6. The molecule has 0 aromatic heterocycles. The largest absolute Gasteiger partial charge is 0.466 e. The number of hydrogen-bond donors (Lipinski definition) is 2. The topological polar surface area (TPSA) is 58.6 Å². The molecule has 2 saturated carbocycles. The number of nitrogens with one attached hydrogen (secondary N) is 1. The molecule has 2 aliphatic rings. The number of aliphatic hydroxyl groups is 1. The highest BCUT2D eigenvalue weighted by molar-refractivity contribution is 5.72. The second kappa shape index (κ2) is 6.02. The van der Waals surface area contributed by atoms with Gasteiger partial charge in [-0.15, -0.1) is 0 Å². The molecule has 0 atom stereocenters. The van der Waals surface area contributed by atoms with Gasteiger partial charge in [0.05, 0.1) is 18.1 Å². The fraction of sp³-hybridized carbons (Fsp3) is 0.929. The molecule has 0 aromatic carbocycles. The summed E-state index contributed by atoms with van der Waals surface area (Å²) >= 11 is 0. The average Bonchev–Trinajstić information content (AvgIpc) is 2.28. The standard InChI is InChI=1S/C14H25NO3/c1-2-18-13(16)11-6-8-14(17,9-7-11)10-15-12-4-3-5-12/h11-12,15,17H,2-10H2,1H3. The van der Waals surface area contributed by atoms with Crippen molar-refractivity contribution in [1.82, 2.24) is 5.32 Å². The zero-order chi connectivity index (χ0) is 13.0. The van der Waals surface area contributed by atoms with E-state index in [4.69, 9.17) is 4.74 Å². The molecule has 2 fully saturated rings. The van der Waals surface area contributed by atoms with Gasteiger partial charge in [0.15, 0.2) is 0 Å². The van der Waals surface area contributed by atoms with E-state index in [1.807, 2.05) is 6.92 Å². The van der Waals surface area contributed by atoms with Crippen LogP contribution in [0.15, 0.2) is 0 Å². The SMILES string of the molecule is CCOC(=O)C1CCC(O)(CNC2CCC2)CC1. The summed E-state index contributed by atoms with van der Waals surface area (Å²) in [5, 5.41) is 13.9. The maximum Gasteiger partial charge on any atom is 0.308 e. The van der Waals surface area contributed by atoms with E-state index < -0.39 is 5.60 Å². The molecule has 2 aliphatic carbocycles. The molecule has 4 nitrogen and oxygen atoms in total. The molecule has 0 saturated heterocycles. The summed E-state index contributed by atoms with van der Waals surface area (Å²) in [6.45, 7) is 2.95. The summed E-state index contributed by atoms with van der Waals surface area (Å²) in [5.74, 6) is -0.0968. The number of carbonyl (C=O) groups excluding carboxylic acids is 1. The van der Waals surface area contributed by atoms with Crippen LogP contribution in [0.25, 0.3) is 0 Å². The van der Waals surface area contributed by atoms with Crippen LogP contribution in [0, 0.1) is 5.92 Å². The number of esters is 1. The lowest BCUT2D eigenvalue weighted by Gasteiger charge is -2.38. The first-order valence-electron chi connectivity index (χ1n) is 7.25. The fourth-order valence-corrected chi connectivity index (χ4v) is 2.77. The lowest BCUT2D eigenvalue weighted by molar-refractivity contribution is -0.151. The predicted octanol–water partition coefficient (Wildman–Crippen LogP) is 1.61. The van der Waals surface area contributed by atoms with Gasteiger partial charge in [-0.1, -0.05) is 6.42 Å². The van der Waals surface area contributed by atoms with Crippen LogP contribution in [0.3, 0.4) is 0 Å². The number of hydrogen-bond acceptors (Lipinski definition) is 4. The van der Waals surface area contributed by atoms with Gasteiger partial charge < -0.3 is 15.2 Å². The van der Waals surface area contributed by atoms with Gasteiger partial charge in [-0.3, -0.25) is 4.79 Å². The van der Waals surface area contributed by atoms with Crippen molar-refractivity contribution in [3.63, 3.8) is 0 Å². The van der Waals surface area contributed by atoms with Gasteiger partial charge in [-0.2, -0.15) is 0 Å². The highest BCUT2D eigenvalue weighted by Crippen LogP contribution is 2.33. The fourth-order valence-electron chi connectivity index (χ4n) is 2.77. The van der Waals surface area contributed by atoms with Crippen molar-refractivity contribution in [3.05, 3.63) is 0 Å². The van der Waals surface area contributed by atoms with E-state index in [1.165, 1.54) is 19.3 Å². The third-order valence-corrected chi connectivity index (χ3v) is 4.36. The van der Waals surface area contributed by atoms with Crippen LogP contribution in [-0.4, -0.2) is 35.9 Å². The van der Waals surface area contributed by atoms with Crippen LogP contribution in [0.4, 0.5) is 0 Å². The van der Waals surface area contributed by atoms with Gasteiger partial charge in [0.25, 0.3) is 0 Å². The van der Waals surface area contributed by atoms with Crippen molar-refractivity contribution in [1.29, 1.82) is 0 Å². The first-order valence-corrected chi connectivity index (χ1v) is 7.25. The minimum atomic E-state index is -0.613. The molecule has 0 radical (unpaired) electrons. The number of ether oxygens (including phenoxy) is 1. The lowest BCUT2D eigenvalue weighted by Crippen LogP contribution is -2.48. The first-order chi connectivity index (χ1) is 8.63. The molecular formula is C14H25NO3. The van der Waals surface area contributed by atoms with Crippen molar-refractivity contribution in [2.75, 3.05) is 13.2 Å². The highest BCUT2D eigenvalue weighted by atomic mass is 16.5. The second-order valence-corrected chi connectivity index (χ2v) is 5.76. The summed E-state index contributed by atoms with van der Waals surface area (Å²) in [5.41, 5.74) is -0.613. The van der Waals surface area contributed by atoms with Gasteiger partial charge in [0.1, 0.15) is 0 Å². The van der Waals surface area contributed by atoms with Gasteiger partial charge >= 0.3 is 5.97 Å². The molecule has 0 bridgehead atoms. The summed E-state index contributed by atoms with van der Waals surface area (Å²) < 4.78 is 5.04. The Morgan fingerprint density at radius 2 is 2.00 bits per heavy atom. The molecule has 0 unspecified atom stereocenters. The van der Waals surface area contributed by atoms with Crippen LogP contribution in [0.2, 0.25) is 0 Å². The van der Waals surface area contributed by atoms with Crippen LogP contribution >= 0.6 is 0 Å². The monoisotopic (exact) mass is 255 g/mol. The summed E-state index contributed by atoms with van der Waals surface area (Å²) in [6.07, 6.45) is 6.69. The number of carbonyl (C=O) groups is 1. The average molecular weight is 255 g/mol.